The molecule has 0 radical (unpaired) electrons. The van der Waals surface area contributed by atoms with Gasteiger partial charge in [-0.2, -0.15) is 5.26 Å². The van der Waals surface area contributed by atoms with Crippen molar-refractivity contribution in [1.82, 2.24) is 5.32 Å². The van der Waals surface area contributed by atoms with Crippen molar-refractivity contribution in [2.75, 3.05) is 0 Å². The molecule has 0 heterocycles. The Balaban J connectivity index is 1.60. The molecule has 26 heavy (non-hydrogen) atoms. The minimum atomic E-state index is -0.926. The minimum absolute atomic E-state index is 0.173. The van der Waals surface area contributed by atoms with E-state index < -0.39 is 12.1 Å². The van der Waals surface area contributed by atoms with Crippen LogP contribution in [0.3, 0.4) is 0 Å². The second-order valence-corrected chi connectivity index (χ2v) is 6.37. The molecule has 5 nitrogen and oxygen atoms in total. The molecule has 1 aliphatic rings. The molecule has 0 aliphatic heterocycles. The summed E-state index contributed by atoms with van der Waals surface area (Å²) >= 11 is 0. The first-order chi connectivity index (χ1) is 12.7. The molecule has 1 fully saturated rings. The van der Waals surface area contributed by atoms with Gasteiger partial charge in [0.1, 0.15) is 0 Å². The van der Waals surface area contributed by atoms with Crippen LogP contribution in [0.2, 0.25) is 0 Å². The van der Waals surface area contributed by atoms with Gasteiger partial charge < -0.3 is 10.1 Å². The van der Waals surface area contributed by atoms with Crippen molar-refractivity contribution in [3.05, 3.63) is 71.3 Å². The van der Waals surface area contributed by atoms with E-state index in [1.54, 1.807) is 24.3 Å². The molecule has 0 unspecified atom stereocenters. The largest absolute Gasteiger partial charge is 0.447 e. The maximum atomic E-state index is 12.5. The average Bonchev–Trinajstić information content (AvgIpc) is 3.49. The summed E-state index contributed by atoms with van der Waals surface area (Å²) in [6, 6.07) is 18.4. The smallest absolute Gasteiger partial charge is 0.307 e. The van der Waals surface area contributed by atoms with Crippen LogP contribution in [0.1, 0.15) is 42.1 Å². The summed E-state index contributed by atoms with van der Waals surface area (Å²) in [7, 11) is 0. The Hall–Kier alpha value is -3.13. The van der Waals surface area contributed by atoms with E-state index in [4.69, 9.17) is 10.00 Å². The van der Waals surface area contributed by atoms with E-state index in [1.807, 2.05) is 30.3 Å². The lowest BCUT2D eigenvalue weighted by atomic mass is 10.1. The third kappa shape index (κ3) is 4.93. The summed E-state index contributed by atoms with van der Waals surface area (Å²) in [6.07, 6.45) is 1.69. The SMILES string of the molecule is N#Cc1ccc(CCC(=O)O[C@@H](C(=O)NC2CC2)c2ccccc2)cc1. The fourth-order valence-corrected chi connectivity index (χ4v) is 2.59. The maximum absolute atomic E-state index is 12.5. The first-order valence-electron chi connectivity index (χ1n) is 8.69. The van der Waals surface area contributed by atoms with Gasteiger partial charge in [0.2, 0.25) is 6.10 Å². The van der Waals surface area contributed by atoms with Gasteiger partial charge in [0.25, 0.3) is 5.91 Å². The summed E-state index contributed by atoms with van der Waals surface area (Å²) in [4.78, 5) is 24.7. The predicted octanol–water partition coefficient (Wildman–Crippen LogP) is 3.05. The number of nitrogens with zero attached hydrogens (tertiary/aromatic N) is 1. The quantitative estimate of drug-likeness (QED) is 0.780. The number of nitriles is 1. The second-order valence-electron chi connectivity index (χ2n) is 6.37. The highest BCUT2D eigenvalue weighted by Crippen LogP contribution is 2.23. The Morgan fingerprint density at radius 3 is 2.42 bits per heavy atom. The van der Waals surface area contributed by atoms with Crippen molar-refractivity contribution in [3.63, 3.8) is 0 Å². The summed E-state index contributed by atoms with van der Waals surface area (Å²) in [6.45, 7) is 0. The minimum Gasteiger partial charge on any atom is -0.447 e. The lowest BCUT2D eigenvalue weighted by Gasteiger charge is -2.18. The summed E-state index contributed by atoms with van der Waals surface area (Å²) in [5, 5.41) is 11.7. The van der Waals surface area contributed by atoms with Gasteiger partial charge in [-0.05, 0) is 37.0 Å². The normalized spacial score (nSPS) is 14.1. The number of esters is 1. The zero-order valence-corrected chi connectivity index (χ0v) is 14.4. The van der Waals surface area contributed by atoms with E-state index in [0.29, 0.717) is 17.5 Å². The third-order valence-electron chi connectivity index (χ3n) is 4.21. The number of nitrogens with one attached hydrogen (secondary N) is 1. The van der Waals surface area contributed by atoms with Gasteiger partial charge in [-0.25, -0.2) is 0 Å². The van der Waals surface area contributed by atoms with E-state index in [1.165, 1.54) is 0 Å². The van der Waals surface area contributed by atoms with Crippen molar-refractivity contribution < 1.29 is 14.3 Å². The van der Waals surface area contributed by atoms with Crippen LogP contribution in [0.5, 0.6) is 0 Å². The van der Waals surface area contributed by atoms with Crippen LogP contribution in [0.4, 0.5) is 0 Å². The van der Waals surface area contributed by atoms with Crippen LogP contribution in [0.25, 0.3) is 0 Å². The molecule has 1 amide bonds. The molecule has 0 spiro atoms. The number of hydrogen-bond acceptors (Lipinski definition) is 4. The van der Waals surface area contributed by atoms with Crippen molar-refractivity contribution in [1.29, 1.82) is 5.26 Å². The molecule has 1 atom stereocenters. The Labute approximate surface area is 152 Å². The van der Waals surface area contributed by atoms with E-state index >= 15 is 0 Å². The summed E-state index contributed by atoms with van der Waals surface area (Å²) < 4.78 is 5.49. The number of aryl methyl sites for hydroxylation is 1. The predicted molar refractivity (Wildman–Crippen MR) is 95.9 cm³/mol. The van der Waals surface area contributed by atoms with Gasteiger partial charge in [0, 0.05) is 18.0 Å². The van der Waals surface area contributed by atoms with Crippen molar-refractivity contribution in [2.24, 2.45) is 0 Å². The molecular formula is C21H20N2O3. The lowest BCUT2D eigenvalue weighted by molar-refractivity contribution is -0.156. The molecule has 1 saturated carbocycles. The topological polar surface area (TPSA) is 79.2 Å². The number of ether oxygens (including phenoxy) is 1. The second kappa shape index (κ2) is 8.30. The average molecular weight is 348 g/mol. The molecule has 2 aromatic carbocycles. The number of hydrogen-bond donors (Lipinski definition) is 1. The van der Waals surface area contributed by atoms with Gasteiger partial charge in [0.05, 0.1) is 11.6 Å². The van der Waals surface area contributed by atoms with E-state index in [9.17, 15) is 9.59 Å². The highest BCUT2D eigenvalue weighted by atomic mass is 16.5. The van der Waals surface area contributed by atoms with Crippen LogP contribution >= 0.6 is 0 Å². The number of carbonyl (C=O) groups is 2. The molecule has 2 aromatic rings. The Morgan fingerprint density at radius 2 is 1.81 bits per heavy atom. The molecule has 132 valence electrons. The van der Waals surface area contributed by atoms with Crippen LogP contribution in [-0.4, -0.2) is 17.9 Å². The van der Waals surface area contributed by atoms with Crippen LogP contribution < -0.4 is 5.32 Å². The molecule has 1 aliphatic carbocycles. The zero-order valence-electron chi connectivity index (χ0n) is 14.4. The Bertz CT molecular complexity index is 805. The van der Waals surface area contributed by atoms with Crippen LogP contribution in [0, 0.1) is 11.3 Å². The molecule has 1 N–H and O–H groups in total. The number of amides is 1. The third-order valence-corrected chi connectivity index (χ3v) is 4.21. The monoisotopic (exact) mass is 348 g/mol. The fraction of sp³-hybridized carbons (Fsp3) is 0.286. The molecule has 0 bridgehead atoms. The summed E-state index contributed by atoms with van der Waals surface area (Å²) in [5.74, 6) is -0.695. The zero-order chi connectivity index (χ0) is 18.4. The van der Waals surface area contributed by atoms with E-state index in [-0.39, 0.29) is 18.4 Å². The highest BCUT2D eigenvalue weighted by Gasteiger charge is 2.30. The number of carbonyl (C=O) groups excluding carboxylic acids is 2. The molecule has 3 rings (SSSR count). The maximum Gasteiger partial charge on any atom is 0.307 e. The van der Waals surface area contributed by atoms with Gasteiger partial charge in [-0.3, -0.25) is 9.59 Å². The van der Waals surface area contributed by atoms with E-state index in [0.717, 1.165) is 18.4 Å². The fourth-order valence-electron chi connectivity index (χ4n) is 2.59. The van der Waals surface area contributed by atoms with Crippen molar-refractivity contribution in [2.45, 2.75) is 37.8 Å². The van der Waals surface area contributed by atoms with Gasteiger partial charge >= 0.3 is 5.97 Å². The highest BCUT2D eigenvalue weighted by molar-refractivity contribution is 5.85. The van der Waals surface area contributed by atoms with Crippen molar-refractivity contribution in [3.8, 4) is 6.07 Å². The van der Waals surface area contributed by atoms with Gasteiger partial charge in [0.15, 0.2) is 0 Å². The van der Waals surface area contributed by atoms with Gasteiger partial charge in [-0.1, -0.05) is 42.5 Å². The number of benzene rings is 2. The first kappa shape index (κ1) is 17.7. The summed E-state index contributed by atoms with van der Waals surface area (Å²) in [5.41, 5.74) is 2.19. The lowest BCUT2D eigenvalue weighted by Crippen LogP contribution is -2.33. The standard InChI is InChI=1S/C21H20N2O3/c22-14-16-8-6-15(7-9-16)10-13-19(24)26-20(17-4-2-1-3-5-17)21(25)23-18-11-12-18/h1-9,18,20H,10-13H2,(H,23,25)/t20-/m1/s1. The van der Waals surface area contributed by atoms with E-state index in [2.05, 4.69) is 11.4 Å². The van der Waals surface area contributed by atoms with Crippen LogP contribution in [0.15, 0.2) is 54.6 Å². The van der Waals surface area contributed by atoms with Crippen molar-refractivity contribution >= 4 is 11.9 Å². The Kier molecular flexibility index (Phi) is 5.65. The van der Waals surface area contributed by atoms with Crippen LogP contribution in [-0.2, 0) is 20.7 Å². The molecular weight excluding hydrogens is 328 g/mol. The molecule has 0 aromatic heterocycles. The first-order valence-corrected chi connectivity index (χ1v) is 8.69. The Morgan fingerprint density at radius 1 is 1.12 bits per heavy atom. The molecule has 0 saturated heterocycles. The van der Waals surface area contributed by atoms with Gasteiger partial charge in [-0.15, -0.1) is 0 Å². The molecule has 5 heteroatoms. The number of rotatable bonds is 7.